The van der Waals surface area contributed by atoms with Gasteiger partial charge >= 0.3 is 5.97 Å². The van der Waals surface area contributed by atoms with Gasteiger partial charge in [-0.1, -0.05) is 12.8 Å². The van der Waals surface area contributed by atoms with Crippen molar-refractivity contribution in [3.05, 3.63) is 5.82 Å². The minimum atomic E-state index is -0.706. The number of carboxylic acid groups (broad SMARTS) is 1. The molecule has 0 spiro atoms. The standard InChI is InChI=1S/C13H18N4O2/c18-12(19)13(5-6-13)7-17-11(14-15-16-17)10-8-3-1-2-4-9(8)10/h8-10H,1-7H2,(H,18,19). The molecule has 1 aromatic heterocycles. The van der Waals surface area contributed by atoms with Gasteiger partial charge in [0.25, 0.3) is 0 Å². The zero-order valence-electron chi connectivity index (χ0n) is 10.8. The van der Waals surface area contributed by atoms with Crippen molar-refractivity contribution in [2.75, 3.05) is 0 Å². The van der Waals surface area contributed by atoms with Crippen LogP contribution in [0.1, 0.15) is 50.3 Å². The number of fused-ring (bicyclic) bond motifs is 1. The minimum absolute atomic E-state index is 0.445. The Morgan fingerprint density at radius 2 is 2.00 bits per heavy atom. The molecule has 0 bridgehead atoms. The van der Waals surface area contributed by atoms with Crippen LogP contribution in [0.2, 0.25) is 0 Å². The molecule has 0 aromatic carbocycles. The van der Waals surface area contributed by atoms with Gasteiger partial charge in [-0.05, 0) is 47.9 Å². The molecule has 102 valence electrons. The molecule has 2 unspecified atom stereocenters. The van der Waals surface area contributed by atoms with Gasteiger partial charge in [-0.25, -0.2) is 4.68 Å². The largest absolute Gasteiger partial charge is 0.481 e. The van der Waals surface area contributed by atoms with Gasteiger partial charge in [-0.15, -0.1) is 5.10 Å². The summed E-state index contributed by atoms with van der Waals surface area (Å²) in [6, 6.07) is 0. The van der Waals surface area contributed by atoms with Crippen LogP contribution >= 0.6 is 0 Å². The van der Waals surface area contributed by atoms with Crippen LogP contribution in [0, 0.1) is 17.3 Å². The lowest BCUT2D eigenvalue weighted by Gasteiger charge is -2.10. The highest BCUT2D eigenvalue weighted by Crippen LogP contribution is 2.61. The van der Waals surface area contributed by atoms with Crippen LogP contribution in [0.4, 0.5) is 0 Å². The summed E-state index contributed by atoms with van der Waals surface area (Å²) in [4.78, 5) is 11.3. The van der Waals surface area contributed by atoms with Gasteiger partial charge in [0.15, 0.2) is 5.82 Å². The van der Waals surface area contributed by atoms with Gasteiger partial charge in [-0.2, -0.15) is 0 Å². The molecule has 3 saturated carbocycles. The molecule has 0 amide bonds. The Hall–Kier alpha value is -1.46. The average Bonchev–Trinajstić information content (AvgIpc) is 3.28. The lowest BCUT2D eigenvalue weighted by atomic mass is 10.0. The second kappa shape index (κ2) is 3.77. The predicted molar refractivity (Wildman–Crippen MR) is 65.3 cm³/mol. The van der Waals surface area contributed by atoms with Gasteiger partial charge in [0.2, 0.25) is 0 Å². The fraction of sp³-hybridized carbons (Fsp3) is 0.846. The first-order valence-corrected chi connectivity index (χ1v) is 7.21. The second-order valence-corrected chi connectivity index (χ2v) is 6.42. The zero-order valence-corrected chi connectivity index (χ0v) is 10.8. The van der Waals surface area contributed by atoms with E-state index >= 15 is 0 Å². The summed E-state index contributed by atoms with van der Waals surface area (Å²) < 4.78 is 1.77. The third-order valence-electron chi connectivity index (χ3n) is 5.27. The van der Waals surface area contributed by atoms with Gasteiger partial charge in [0.05, 0.1) is 12.0 Å². The predicted octanol–water partition coefficient (Wildman–Crippen LogP) is 1.44. The van der Waals surface area contributed by atoms with Crippen LogP contribution in [-0.4, -0.2) is 31.3 Å². The van der Waals surface area contributed by atoms with E-state index in [1.807, 2.05) is 0 Å². The molecule has 1 heterocycles. The van der Waals surface area contributed by atoms with E-state index in [1.165, 1.54) is 25.7 Å². The van der Waals surface area contributed by atoms with E-state index in [2.05, 4.69) is 15.5 Å². The van der Waals surface area contributed by atoms with E-state index in [-0.39, 0.29) is 0 Å². The average molecular weight is 262 g/mol. The highest BCUT2D eigenvalue weighted by Gasteiger charge is 2.56. The van der Waals surface area contributed by atoms with E-state index in [0.29, 0.717) is 12.5 Å². The number of carbonyl (C=O) groups is 1. The summed E-state index contributed by atoms with van der Waals surface area (Å²) in [6.45, 7) is 0.445. The normalized spacial score (nSPS) is 34.6. The fourth-order valence-corrected chi connectivity index (χ4v) is 3.82. The molecule has 2 atom stereocenters. The van der Waals surface area contributed by atoms with Crippen LogP contribution in [0.15, 0.2) is 0 Å². The van der Waals surface area contributed by atoms with Crippen molar-refractivity contribution in [2.24, 2.45) is 17.3 Å². The molecular weight excluding hydrogens is 244 g/mol. The third-order valence-corrected chi connectivity index (χ3v) is 5.27. The summed E-state index contributed by atoms with van der Waals surface area (Å²) in [5.41, 5.74) is -0.593. The number of tetrazole rings is 1. The quantitative estimate of drug-likeness (QED) is 0.888. The van der Waals surface area contributed by atoms with Crippen molar-refractivity contribution >= 4 is 5.97 Å². The van der Waals surface area contributed by atoms with Crippen molar-refractivity contribution in [3.8, 4) is 0 Å². The van der Waals surface area contributed by atoms with E-state index in [1.54, 1.807) is 4.68 Å². The molecule has 1 aromatic rings. The van der Waals surface area contributed by atoms with Crippen molar-refractivity contribution < 1.29 is 9.90 Å². The van der Waals surface area contributed by atoms with Crippen LogP contribution < -0.4 is 0 Å². The molecule has 4 rings (SSSR count). The van der Waals surface area contributed by atoms with Gasteiger partial charge in [0, 0.05) is 5.92 Å². The van der Waals surface area contributed by atoms with Crippen molar-refractivity contribution in [3.63, 3.8) is 0 Å². The second-order valence-electron chi connectivity index (χ2n) is 6.42. The van der Waals surface area contributed by atoms with Crippen LogP contribution in [-0.2, 0) is 11.3 Å². The fourth-order valence-electron chi connectivity index (χ4n) is 3.82. The van der Waals surface area contributed by atoms with Gasteiger partial charge in [0.1, 0.15) is 0 Å². The SMILES string of the molecule is O=C(O)C1(Cn2nnnc2C2C3CCCCC32)CC1. The Balaban J connectivity index is 1.55. The molecule has 19 heavy (non-hydrogen) atoms. The highest BCUT2D eigenvalue weighted by molar-refractivity contribution is 5.77. The minimum Gasteiger partial charge on any atom is -0.481 e. The Morgan fingerprint density at radius 1 is 1.32 bits per heavy atom. The smallest absolute Gasteiger partial charge is 0.311 e. The number of aromatic nitrogens is 4. The van der Waals surface area contributed by atoms with Crippen LogP contribution in [0.3, 0.4) is 0 Å². The molecule has 3 aliphatic rings. The number of hydrogen-bond donors (Lipinski definition) is 1. The van der Waals surface area contributed by atoms with Gasteiger partial charge < -0.3 is 5.11 Å². The number of aliphatic carboxylic acids is 1. The molecule has 0 aliphatic heterocycles. The molecule has 0 radical (unpaired) electrons. The summed E-state index contributed by atoms with van der Waals surface area (Å²) in [5, 5.41) is 21.3. The Morgan fingerprint density at radius 3 is 2.58 bits per heavy atom. The lowest BCUT2D eigenvalue weighted by Crippen LogP contribution is -2.23. The lowest BCUT2D eigenvalue weighted by molar-refractivity contribution is -0.144. The first-order chi connectivity index (χ1) is 9.21. The van der Waals surface area contributed by atoms with Crippen molar-refractivity contribution in [2.45, 2.75) is 51.0 Å². The molecule has 0 saturated heterocycles. The Labute approximate surface area is 111 Å². The van der Waals surface area contributed by atoms with Crippen molar-refractivity contribution in [1.82, 2.24) is 20.2 Å². The van der Waals surface area contributed by atoms with Crippen molar-refractivity contribution in [1.29, 1.82) is 0 Å². The summed E-state index contributed by atoms with van der Waals surface area (Å²) in [7, 11) is 0. The molecular formula is C13H18N4O2. The van der Waals surface area contributed by atoms with Crippen LogP contribution in [0.25, 0.3) is 0 Å². The van der Waals surface area contributed by atoms with E-state index < -0.39 is 11.4 Å². The molecule has 1 N–H and O–H groups in total. The Bertz CT molecular complexity index is 510. The topological polar surface area (TPSA) is 80.9 Å². The van der Waals surface area contributed by atoms with Crippen LogP contribution in [0.5, 0.6) is 0 Å². The summed E-state index contributed by atoms with van der Waals surface area (Å²) in [6.07, 6.45) is 6.70. The molecule has 3 aliphatic carbocycles. The Kier molecular flexibility index (Phi) is 2.26. The third kappa shape index (κ3) is 1.69. The first-order valence-electron chi connectivity index (χ1n) is 7.21. The molecule has 3 fully saturated rings. The zero-order chi connectivity index (χ0) is 13.0. The number of rotatable bonds is 4. The number of carboxylic acids is 1. The maximum atomic E-state index is 11.3. The summed E-state index contributed by atoms with van der Waals surface area (Å²) >= 11 is 0. The van der Waals surface area contributed by atoms with Gasteiger partial charge in [-0.3, -0.25) is 4.79 Å². The highest BCUT2D eigenvalue weighted by atomic mass is 16.4. The first kappa shape index (κ1) is 11.4. The number of hydrogen-bond acceptors (Lipinski definition) is 4. The summed E-state index contributed by atoms with van der Waals surface area (Å²) in [5.74, 6) is 2.21. The monoisotopic (exact) mass is 262 g/mol. The van der Waals surface area contributed by atoms with E-state index in [0.717, 1.165) is 30.5 Å². The number of nitrogens with zero attached hydrogens (tertiary/aromatic N) is 4. The maximum absolute atomic E-state index is 11.3. The molecule has 6 heteroatoms. The molecule has 6 nitrogen and oxygen atoms in total. The van der Waals surface area contributed by atoms with E-state index in [9.17, 15) is 9.90 Å². The maximum Gasteiger partial charge on any atom is 0.311 e. The van der Waals surface area contributed by atoms with E-state index in [4.69, 9.17) is 0 Å².